The Labute approximate surface area is 102 Å². The van der Waals surface area contributed by atoms with Gasteiger partial charge in [-0.1, -0.05) is 11.8 Å². The van der Waals surface area contributed by atoms with Gasteiger partial charge in [-0.05, 0) is 37.2 Å². The number of primary amides is 1. The van der Waals surface area contributed by atoms with E-state index in [-0.39, 0.29) is 0 Å². The van der Waals surface area contributed by atoms with Crippen LogP contribution in [0.1, 0.15) is 25.7 Å². The maximum Gasteiger partial charge on any atom is 0.237 e. The van der Waals surface area contributed by atoms with Crippen molar-refractivity contribution in [3.8, 4) is 0 Å². The third kappa shape index (κ3) is 2.53. The van der Waals surface area contributed by atoms with E-state index in [9.17, 15) is 4.79 Å². The molecule has 0 saturated heterocycles. The molecule has 2 unspecified atom stereocenters. The van der Waals surface area contributed by atoms with Crippen LogP contribution >= 0.6 is 23.3 Å². The number of nitrogens with zero attached hydrogens (tertiary/aromatic N) is 2. The fourth-order valence-electron chi connectivity index (χ4n) is 1.94. The smallest absolute Gasteiger partial charge is 0.237 e. The van der Waals surface area contributed by atoms with Crippen LogP contribution in [0.25, 0.3) is 0 Å². The molecule has 0 spiro atoms. The predicted molar refractivity (Wildman–Crippen MR) is 64.1 cm³/mol. The van der Waals surface area contributed by atoms with E-state index in [4.69, 9.17) is 11.5 Å². The zero-order valence-electron chi connectivity index (χ0n) is 8.76. The van der Waals surface area contributed by atoms with E-state index in [1.54, 1.807) is 18.1 Å². The predicted octanol–water partition coefficient (Wildman–Crippen LogP) is 0.756. The highest BCUT2D eigenvalue weighted by Gasteiger charge is 2.38. The highest BCUT2D eigenvalue weighted by Crippen LogP contribution is 2.37. The number of carbonyl (C=O) groups is 1. The minimum Gasteiger partial charge on any atom is -0.368 e. The van der Waals surface area contributed by atoms with Gasteiger partial charge in [0, 0.05) is 5.25 Å². The summed E-state index contributed by atoms with van der Waals surface area (Å²) < 4.78 is 4.88. The van der Waals surface area contributed by atoms with E-state index in [1.165, 1.54) is 11.5 Å². The van der Waals surface area contributed by atoms with Crippen molar-refractivity contribution in [3.05, 3.63) is 6.33 Å². The molecule has 0 aliphatic heterocycles. The summed E-state index contributed by atoms with van der Waals surface area (Å²) in [4.78, 5) is 15.4. The van der Waals surface area contributed by atoms with Gasteiger partial charge in [0.15, 0.2) is 4.34 Å². The Bertz CT molecular complexity index is 370. The standard InChI is InChI=1S/C9H14N4OS2/c10-7(14)9(11)3-1-2-6(4-9)15-8-12-5-13-16-8/h5-6H,1-4,11H2,(H2,10,14). The van der Waals surface area contributed by atoms with Gasteiger partial charge in [-0.3, -0.25) is 4.79 Å². The number of hydrogen-bond donors (Lipinski definition) is 2. The number of carbonyl (C=O) groups excluding carboxylic acids is 1. The van der Waals surface area contributed by atoms with Crippen molar-refractivity contribution in [3.63, 3.8) is 0 Å². The molecule has 1 aromatic heterocycles. The first-order chi connectivity index (χ1) is 7.60. The second-order valence-corrected chi connectivity index (χ2v) is 6.39. The van der Waals surface area contributed by atoms with Gasteiger partial charge < -0.3 is 11.5 Å². The van der Waals surface area contributed by atoms with Gasteiger partial charge in [-0.25, -0.2) is 4.98 Å². The van der Waals surface area contributed by atoms with Crippen LogP contribution in [0.2, 0.25) is 0 Å². The fourth-order valence-corrected chi connectivity index (χ4v) is 3.98. The third-order valence-corrected chi connectivity index (χ3v) is 4.86. The summed E-state index contributed by atoms with van der Waals surface area (Å²) >= 11 is 3.02. The minimum atomic E-state index is -0.833. The summed E-state index contributed by atoms with van der Waals surface area (Å²) in [5, 5.41) is 0.319. The summed E-state index contributed by atoms with van der Waals surface area (Å²) in [7, 11) is 0. The first kappa shape index (κ1) is 11.8. The van der Waals surface area contributed by atoms with E-state index in [1.807, 2.05) is 0 Å². The summed E-state index contributed by atoms with van der Waals surface area (Å²) in [5.41, 5.74) is 10.5. The van der Waals surface area contributed by atoms with Crippen LogP contribution < -0.4 is 11.5 Å². The largest absolute Gasteiger partial charge is 0.368 e. The molecule has 2 atom stereocenters. The molecule has 1 aliphatic rings. The summed E-state index contributed by atoms with van der Waals surface area (Å²) in [6.07, 6.45) is 4.86. The molecule has 1 heterocycles. The molecule has 1 amide bonds. The molecular formula is C9H14N4OS2. The van der Waals surface area contributed by atoms with Gasteiger partial charge in [0.25, 0.3) is 0 Å². The number of aromatic nitrogens is 2. The number of thioether (sulfide) groups is 1. The zero-order valence-corrected chi connectivity index (χ0v) is 10.4. The lowest BCUT2D eigenvalue weighted by molar-refractivity contribution is -0.124. The molecule has 1 fully saturated rings. The van der Waals surface area contributed by atoms with Gasteiger partial charge in [0.05, 0.1) is 5.54 Å². The van der Waals surface area contributed by atoms with Crippen molar-refractivity contribution < 1.29 is 4.79 Å². The molecule has 0 bridgehead atoms. The van der Waals surface area contributed by atoms with Crippen LogP contribution in [-0.4, -0.2) is 26.1 Å². The van der Waals surface area contributed by atoms with Crippen molar-refractivity contribution in [2.75, 3.05) is 0 Å². The van der Waals surface area contributed by atoms with Gasteiger partial charge in [-0.2, -0.15) is 4.37 Å². The average molecular weight is 258 g/mol. The molecule has 16 heavy (non-hydrogen) atoms. The van der Waals surface area contributed by atoms with E-state index in [0.29, 0.717) is 18.1 Å². The number of nitrogens with two attached hydrogens (primary N) is 2. The Morgan fingerprint density at radius 3 is 3.12 bits per heavy atom. The van der Waals surface area contributed by atoms with Gasteiger partial charge >= 0.3 is 0 Å². The monoisotopic (exact) mass is 258 g/mol. The molecule has 88 valence electrons. The molecule has 7 heteroatoms. The maximum atomic E-state index is 11.3. The number of hydrogen-bond acceptors (Lipinski definition) is 6. The van der Waals surface area contributed by atoms with Gasteiger partial charge in [0.1, 0.15) is 6.33 Å². The van der Waals surface area contributed by atoms with E-state index in [2.05, 4.69) is 9.36 Å². The summed E-state index contributed by atoms with van der Waals surface area (Å²) in [6, 6.07) is 0. The first-order valence-electron chi connectivity index (χ1n) is 5.12. The van der Waals surface area contributed by atoms with Crippen molar-refractivity contribution in [1.82, 2.24) is 9.36 Å². The first-order valence-corrected chi connectivity index (χ1v) is 6.77. The zero-order chi connectivity index (χ0) is 11.6. The third-order valence-electron chi connectivity index (χ3n) is 2.84. The molecular weight excluding hydrogens is 244 g/mol. The maximum absolute atomic E-state index is 11.3. The average Bonchev–Trinajstić information content (AvgIpc) is 2.70. The molecule has 0 radical (unpaired) electrons. The van der Waals surface area contributed by atoms with Crippen molar-refractivity contribution in [2.24, 2.45) is 11.5 Å². The van der Waals surface area contributed by atoms with Gasteiger partial charge in [-0.15, -0.1) is 0 Å². The Hall–Kier alpha value is -0.660. The van der Waals surface area contributed by atoms with E-state index < -0.39 is 11.4 Å². The van der Waals surface area contributed by atoms with Gasteiger partial charge in [0.2, 0.25) is 5.91 Å². The Balaban J connectivity index is 1.99. The lowest BCUT2D eigenvalue weighted by Crippen LogP contribution is -2.55. The molecule has 1 saturated carbocycles. The van der Waals surface area contributed by atoms with E-state index >= 15 is 0 Å². The highest BCUT2D eigenvalue weighted by atomic mass is 32.2. The Morgan fingerprint density at radius 2 is 2.50 bits per heavy atom. The molecule has 2 rings (SSSR count). The topological polar surface area (TPSA) is 94.9 Å². The van der Waals surface area contributed by atoms with Crippen LogP contribution in [0.4, 0.5) is 0 Å². The lowest BCUT2D eigenvalue weighted by Gasteiger charge is -2.34. The Kier molecular flexibility index (Phi) is 3.46. The molecule has 1 aliphatic carbocycles. The minimum absolute atomic E-state index is 0.319. The van der Waals surface area contributed by atoms with Crippen LogP contribution in [-0.2, 0) is 4.79 Å². The second kappa shape index (κ2) is 4.68. The quantitative estimate of drug-likeness (QED) is 0.834. The second-order valence-electron chi connectivity index (χ2n) is 4.06. The van der Waals surface area contributed by atoms with Crippen LogP contribution in [0.3, 0.4) is 0 Å². The van der Waals surface area contributed by atoms with Crippen molar-refractivity contribution >= 4 is 29.2 Å². The molecule has 5 nitrogen and oxygen atoms in total. The van der Waals surface area contributed by atoms with Crippen LogP contribution in [0, 0.1) is 0 Å². The molecule has 4 N–H and O–H groups in total. The SMILES string of the molecule is NC(=O)C1(N)CCCC(Sc2ncns2)C1. The molecule has 0 aromatic carbocycles. The summed E-state index contributed by atoms with van der Waals surface area (Å²) in [6.45, 7) is 0. The van der Waals surface area contributed by atoms with Crippen LogP contribution in [0.5, 0.6) is 0 Å². The highest BCUT2D eigenvalue weighted by molar-refractivity contribution is 8.01. The van der Waals surface area contributed by atoms with E-state index in [0.717, 1.165) is 17.2 Å². The summed E-state index contributed by atoms with van der Waals surface area (Å²) in [5.74, 6) is -0.393. The Morgan fingerprint density at radius 1 is 1.69 bits per heavy atom. The lowest BCUT2D eigenvalue weighted by atomic mass is 9.82. The normalized spacial score (nSPS) is 30.2. The number of rotatable bonds is 3. The molecule has 1 aromatic rings. The number of amides is 1. The van der Waals surface area contributed by atoms with Crippen LogP contribution in [0.15, 0.2) is 10.7 Å². The fraction of sp³-hybridized carbons (Fsp3) is 0.667. The van der Waals surface area contributed by atoms with Crippen molar-refractivity contribution in [2.45, 2.75) is 40.8 Å². The van der Waals surface area contributed by atoms with Crippen molar-refractivity contribution in [1.29, 1.82) is 0 Å².